The first kappa shape index (κ1) is 13.1. The van der Waals surface area contributed by atoms with E-state index in [1.807, 2.05) is 36.4 Å². The zero-order chi connectivity index (χ0) is 14.9. The quantitative estimate of drug-likeness (QED) is 0.790. The van der Waals surface area contributed by atoms with Crippen molar-refractivity contribution >= 4 is 33.1 Å². The molecule has 110 valence electrons. The van der Waals surface area contributed by atoms with Gasteiger partial charge in [0, 0.05) is 5.69 Å². The van der Waals surface area contributed by atoms with E-state index in [2.05, 4.69) is 10.3 Å². The Labute approximate surface area is 130 Å². The van der Waals surface area contributed by atoms with Crippen LogP contribution in [0.2, 0.25) is 0 Å². The fraction of sp³-hybridized carbons (Fsp3) is 0.125. The monoisotopic (exact) mass is 312 g/mol. The summed E-state index contributed by atoms with van der Waals surface area (Å²) in [5.41, 5.74) is 3.35. The fourth-order valence-electron chi connectivity index (χ4n) is 2.31. The lowest BCUT2D eigenvalue weighted by Gasteiger charge is -2.25. The molecule has 1 aromatic heterocycles. The average Bonchev–Trinajstić information content (AvgIpc) is 3.02. The van der Waals surface area contributed by atoms with Gasteiger partial charge in [-0.05, 0) is 30.3 Å². The van der Waals surface area contributed by atoms with Gasteiger partial charge in [-0.1, -0.05) is 12.1 Å². The fourth-order valence-corrected chi connectivity index (χ4v) is 2.97. The van der Waals surface area contributed by atoms with Gasteiger partial charge in [0.1, 0.15) is 6.61 Å². The van der Waals surface area contributed by atoms with Crippen molar-refractivity contribution in [3.63, 3.8) is 0 Å². The van der Waals surface area contributed by atoms with E-state index >= 15 is 0 Å². The summed E-state index contributed by atoms with van der Waals surface area (Å²) >= 11 is 1.57. The predicted molar refractivity (Wildman–Crippen MR) is 84.6 cm³/mol. The maximum Gasteiger partial charge on any atom is 0.269 e. The molecule has 0 unspecified atom stereocenters. The van der Waals surface area contributed by atoms with E-state index in [0.29, 0.717) is 17.2 Å². The summed E-state index contributed by atoms with van der Waals surface area (Å²) in [5.74, 6) is 1.02. The molecule has 3 aromatic rings. The topological polar surface area (TPSA) is 60.5 Å². The van der Waals surface area contributed by atoms with Crippen molar-refractivity contribution in [1.82, 2.24) is 4.98 Å². The second-order valence-electron chi connectivity index (χ2n) is 4.89. The molecule has 1 amide bonds. The van der Waals surface area contributed by atoms with Crippen molar-refractivity contribution in [1.29, 1.82) is 0 Å². The minimum Gasteiger partial charge on any atom is -0.485 e. The highest BCUT2D eigenvalue weighted by molar-refractivity contribution is 7.16. The van der Waals surface area contributed by atoms with Gasteiger partial charge in [-0.2, -0.15) is 0 Å². The van der Waals surface area contributed by atoms with Gasteiger partial charge in [0.25, 0.3) is 5.91 Å². The normalized spacial score (nSPS) is 16.5. The second kappa shape index (κ2) is 5.31. The third-order valence-corrected chi connectivity index (χ3v) is 4.21. The molecule has 0 radical (unpaired) electrons. The third kappa shape index (κ3) is 2.37. The minimum atomic E-state index is -0.666. The van der Waals surface area contributed by atoms with Gasteiger partial charge in [0.2, 0.25) is 6.10 Å². The first-order chi connectivity index (χ1) is 10.8. The number of hydrogen-bond acceptors (Lipinski definition) is 5. The summed E-state index contributed by atoms with van der Waals surface area (Å²) in [6.45, 7) is 0.196. The summed E-state index contributed by atoms with van der Waals surface area (Å²) in [6, 6.07) is 13.0. The molecule has 0 saturated heterocycles. The van der Waals surface area contributed by atoms with Crippen molar-refractivity contribution in [3.8, 4) is 11.5 Å². The number of amides is 1. The van der Waals surface area contributed by atoms with Crippen LogP contribution < -0.4 is 14.8 Å². The number of benzene rings is 2. The molecule has 5 nitrogen and oxygen atoms in total. The van der Waals surface area contributed by atoms with Crippen LogP contribution in [0, 0.1) is 0 Å². The predicted octanol–water partition coefficient (Wildman–Crippen LogP) is 3.07. The smallest absolute Gasteiger partial charge is 0.269 e. The van der Waals surface area contributed by atoms with Crippen LogP contribution in [0.1, 0.15) is 0 Å². The first-order valence-electron chi connectivity index (χ1n) is 6.82. The van der Waals surface area contributed by atoms with Crippen LogP contribution in [0.3, 0.4) is 0 Å². The zero-order valence-corrected chi connectivity index (χ0v) is 12.3. The van der Waals surface area contributed by atoms with E-state index in [1.165, 1.54) is 0 Å². The molecule has 0 saturated carbocycles. The van der Waals surface area contributed by atoms with Gasteiger partial charge >= 0.3 is 0 Å². The van der Waals surface area contributed by atoms with Crippen LogP contribution in [0.25, 0.3) is 10.2 Å². The lowest BCUT2D eigenvalue weighted by molar-refractivity contribution is -0.125. The number of para-hydroxylation sites is 2. The van der Waals surface area contributed by atoms with Crippen LogP contribution in [-0.4, -0.2) is 23.6 Å². The SMILES string of the molecule is O=C(Nc1ccc2scnc2c1)[C@@H]1COc2ccccc2O1. The Morgan fingerprint density at radius 1 is 1.23 bits per heavy atom. The third-order valence-electron chi connectivity index (χ3n) is 3.40. The molecule has 0 aliphatic carbocycles. The Kier molecular flexibility index (Phi) is 3.16. The minimum absolute atomic E-state index is 0.196. The molecule has 0 spiro atoms. The molecule has 1 N–H and O–H groups in total. The summed E-state index contributed by atoms with van der Waals surface area (Å²) in [4.78, 5) is 16.6. The number of hydrogen-bond donors (Lipinski definition) is 1. The van der Waals surface area contributed by atoms with Crippen LogP contribution in [0.4, 0.5) is 5.69 Å². The number of thiazole rings is 1. The highest BCUT2D eigenvalue weighted by atomic mass is 32.1. The molecular formula is C16H12N2O3S. The summed E-state index contributed by atoms with van der Waals surface area (Å²) < 4.78 is 12.3. The van der Waals surface area contributed by atoms with Crippen molar-refractivity contribution in [2.75, 3.05) is 11.9 Å². The summed E-state index contributed by atoms with van der Waals surface area (Å²) in [6.07, 6.45) is -0.666. The Bertz CT molecular complexity index is 846. The van der Waals surface area contributed by atoms with Crippen LogP contribution in [0.15, 0.2) is 48.0 Å². The van der Waals surface area contributed by atoms with E-state index < -0.39 is 6.10 Å². The van der Waals surface area contributed by atoms with Crippen LogP contribution >= 0.6 is 11.3 Å². The van der Waals surface area contributed by atoms with Crippen LogP contribution in [0.5, 0.6) is 11.5 Å². The number of carbonyl (C=O) groups excluding carboxylic acids is 1. The molecule has 2 aromatic carbocycles. The summed E-state index contributed by atoms with van der Waals surface area (Å²) in [5, 5.41) is 2.85. The number of nitrogens with one attached hydrogen (secondary N) is 1. The van der Waals surface area contributed by atoms with E-state index in [1.54, 1.807) is 22.9 Å². The number of nitrogens with zero attached hydrogens (tertiary/aromatic N) is 1. The maximum absolute atomic E-state index is 12.3. The van der Waals surface area contributed by atoms with E-state index in [4.69, 9.17) is 9.47 Å². The molecule has 6 heteroatoms. The van der Waals surface area contributed by atoms with Gasteiger partial charge in [0.15, 0.2) is 11.5 Å². The van der Waals surface area contributed by atoms with E-state index in [9.17, 15) is 4.79 Å². The molecule has 22 heavy (non-hydrogen) atoms. The molecule has 0 bridgehead atoms. The number of aromatic nitrogens is 1. The first-order valence-corrected chi connectivity index (χ1v) is 7.70. The van der Waals surface area contributed by atoms with Gasteiger partial charge < -0.3 is 14.8 Å². The number of rotatable bonds is 2. The highest BCUT2D eigenvalue weighted by Crippen LogP contribution is 2.31. The zero-order valence-electron chi connectivity index (χ0n) is 11.5. The number of anilines is 1. The highest BCUT2D eigenvalue weighted by Gasteiger charge is 2.27. The van der Waals surface area contributed by atoms with Gasteiger partial charge in [-0.15, -0.1) is 11.3 Å². The average molecular weight is 312 g/mol. The van der Waals surface area contributed by atoms with E-state index in [0.717, 1.165) is 10.2 Å². The van der Waals surface area contributed by atoms with Gasteiger partial charge in [-0.25, -0.2) is 4.98 Å². The molecule has 4 rings (SSSR count). The number of fused-ring (bicyclic) bond motifs is 2. The lowest BCUT2D eigenvalue weighted by Crippen LogP contribution is -2.40. The van der Waals surface area contributed by atoms with Gasteiger partial charge in [0.05, 0.1) is 15.7 Å². The molecule has 1 atom stereocenters. The second-order valence-corrected chi connectivity index (χ2v) is 5.77. The molecular weight excluding hydrogens is 300 g/mol. The van der Waals surface area contributed by atoms with Gasteiger partial charge in [-0.3, -0.25) is 4.79 Å². The van der Waals surface area contributed by atoms with Crippen molar-refractivity contribution < 1.29 is 14.3 Å². The molecule has 0 fully saturated rings. The van der Waals surface area contributed by atoms with Crippen molar-refractivity contribution in [2.45, 2.75) is 6.10 Å². The maximum atomic E-state index is 12.3. The van der Waals surface area contributed by atoms with Crippen molar-refractivity contribution in [3.05, 3.63) is 48.0 Å². The Morgan fingerprint density at radius 2 is 2.09 bits per heavy atom. The molecule has 1 aliphatic rings. The lowest BCUT2D eigenvalue weighted by atomic mass is 10.2. The number of carbonyl (C=O) groups is 1. The Balaban J connectivity index is 1.50. The summed E-state index contributed by atoms with van der Waals surface area (Å²) in [7, 11) is 0. The Hall–Kier alpha value is -2.60. The number of ether oxygens (including phenoxy) is 2. The Morgan fingerprint density at radius 3 is 3.00 bits per heavy atom. The van der Waals surface area contributed by atoms with Crippen molar-refractivity contribution in [2.24, 2.45) is 0 Å². The molecule has 2 heterocycles. The largest absolute Gasteiger partial charge is 0.485 e. The van der Waals surface area contributed by atoms with Crippen LogP contribution in [-0.2, 0) is 4.79 Å². The van der Waals surface area contributed by atoms with E-state index in [-0.39, 0.29) is 12.5 Å². The molecule has 1 aliphatic heterocycles. The standard InChI is InChI=1S/C16H12N2O3S/c19-16(14-8-20-12-3-1-2-4-13(12)21-14)18-10-5-6-15-11(7-10)17-9-22-15/h1-7,9,14H,8H2,(H,18,19)/t14-/m0/s1.